The van der Waals surface area contributed by atoms with E-state index >= 15 is 0 Å². The number of imidazole rings is 1. The summed E-state index contributed by atoms with van der Waals surface area (Å²) >= 11 is 1.65. The summed E-state index contributed by atoms with van der Waals surface area (Å²) in [5, 5.41) is 16.1. The summed E-state index contributed by atoms with van der Waals surface area (Å²) in [6.45, 7) is 4.20. The summed E-state index contributed by atoms with van der Waals surface area (Å²) in [5.74, 6) is 0.686. The van der Waals surface area contributed by atoms with Crippen LogP contribution in [-0.4, -0.2) is 41.2 Å². The van der Waals surface area contributed by atoms with Crippen LogP contribution in [0.15, 0.2) is 59.9 Å². The Kier molecular flexibility index (Phi) is 4.62. The molecule has 6 aromatic heterocycles. The first kappa shape index (κ1) is 19.6. The van der Waals surface area contributed by atoms with Crippen LogP contribution in [-0.2, 0) is 0 Å². The minimum atomic E-state index is 0.319. The van der Waals surface area contributed by atoms with Crippen molar-refractivity contribution in [2.75, 3.05) is 5.32 Å². The molecule has 0 bridgehead atoms. The molecule has 3 N–H and O–H groups in total. The molecule has 0 atom stereocenters. The molecule has 162 valence electrons. The van der Waals surface area contributed by atoms with Crippen LogP contribution in [0.3, 0.4) is 0 Å². The topological polar surface area (TPSA) is 108 Å². The Labute approximate surface area is 193 Å². The third-order valence-corrected chi connectivity index (χ3v) is 6.07. The Balaban J connectivity index is 1.45. The van der Waals surface area contributed by atoms with Crippen LogP contribution < -0.4 is 5.32 Å². The van der Waals surface area contributed by atoms with E-state index in [-0.39, 0.29) is 0 Å². The lowest BCUT2D eigenvalue weighted by Gasteiger charge is -2.10. The van der Waals surface area contributed by atoms with E-state index < -0.39 is 0 Å². The number of fused-ring (bicyclic) bond motifs is 2. The fourth-order valence-electron chi connectivity index (χ4n) is 3.92. The number of aromatic nitrogens is 7. The number of hydrogen-bond donors (Lipinski definition) is 3. The van der Waals surface area contributed by atoms with Gasteiger partial charge in [0.1, 0.15) is 11.2 Å². The predicted octanol–water partition coefficient (Wildman–Crippen LogP) is 5.51. The van der Waals surface area contributed by atoms with E-state index in [0.29, 0.717) is 11.9 Å². The Morgan fingerprint density at radius 3 is 2.73 bits per heavy atom. The minimum Gasteiger partial charge on any atom is -0.382 e. The highest BCUT2D eigenvalue weighted by Crippen LogP contribution is 2.32. The second-order valence-corrected chi connectivity index (χ2v) is 8.91. The molecule has 6 rings (SSSR count). The van der Waals surface area contributed by atoms with Gasteiger partial charge in [0, 0.05) is 41.1 Å². The van der Waals surface area contributed by atoms with E-state index in [0.717, 1.165) is 55.7 Å². The van der Waals surface area contributed by atoms with Crippen LogP contribution in [0.25, 0.3) is 55.8 Å². The number of anilines is 1. The lowest BCUT2D eigenvalue weighted by Crippen LogP contribution is -2.09. The van der Waals surface area contributed by atoms with Crippen LogP contribution >= 0.6 is 11.3 Å². The Morgan fingerprint density at radius 2 is 1.88 bits per heavy atom. The molecule has 6 aromatic rings. The van der Waals surface area contributed by atoms with Crippen molar-refractivity contribution in [3.8, 4) is 33.9 Å². The van der Waals surface area contributed by atoms with Crippen LogP contribution in [0.2, 0.25) is 0 Å². The van der Waals surface area contributed by atoms with E-state index in [1.165, 1.54) is 0 Å². The number of rotatable bonds is 5. The van der Waals surface area contributed by atoms with Gasteiger partial charge < -0.3 is 10.3 Å². The van der Waals surface area contributed by atoms with Gasteiger partial charge in [0.2, 0.25) is 0 Å². The normalized spacial score (nSPS) is 11.6. The zero-order valence-electron chi connectivity index (χ0n) is 18.0. The Morgan fingerprint density at radius 1 is 0.970 bits per heavy atom. The van der Waals surface area contributed by atoms with Crippen molar-refractivity contribution in [3.05, 3.63) is 59.9 Å². The average molecular weight is 453 g/mol. The lowest BCUT2D eigenvalue weighted by molar-refractivity contribution is 0.898. The highest BCUT2D eigenvalue weighted by molar-refractivity contribution is 7.08. The molecule has 0 spiro atoms. The van der Waals surface area contributed by atoms with Crippen molar-refractivity contribution < 1.29 is 0 Å². The minimum absolute atomic E-state index is 0.319. The Hall–Kier alpha value is -4.11. The van der Waals surface area contributed by atoms with Crippen molar-refractivity contribution in [1.29, 1.82) is 0 Å². The maximum atomic E-state index is 4.89. The first-order chi connectivity index (χ1) is 16.2. The molecule has 0 unspecified atom stereocenters. The number of aromatic amines is 2. The highest BCUT2D eigenvalue weighted by Gasteiger charge is 2.17. The molecule has 0 fully saturated rings. The summed E-state index contributed by atoms with van der Waals surface area (Å²) in [5.41, 5.74) is 8.15. The van der Waals surface area contributed by atoms with Gasteiger partial charge in [0.05, 0.1) is 34.8 Å². The third kappa shape index (κ3) is 3.52. The van der Waals surface area contributed by atoms with Crippen LogP contribution in [0, 0.1) is 0 Å². The fraction of sp³-hybridized carbons (Fsp3) is 0.125. The molecule has 6 heterocycles. The first-order valence-electron chi connectivity index (χ1n) is 10.6. The number of pyridine rings is 3. The zero-order chi connectivity index (χ0) is 22.4. The number of thiophene rings is 1. The standard InChI is InChI=1S/C24H20N8S/c1-13(2)28-16-5-15(7-25-8-16)19-6-17-20(11-27-19)31-32-23(17)24-29-21-10-26-9-18(22(21)30-24)14-3-4-33-12-14/h3-13,28H,1-2H3,(H,29,30)(H,31,32). The molecular formula is C24H20N8S. The smallest absolute Gasteiger partial charge is 0.159 e. The molecule has 0 aliphatic carbocycles. The van der Waals surface area contributed by atoms with Crippen molar-refractivity contribution in [2.24, 2.45) is 0 Å². The zero-order valence-corrected chi connectivity index (χ0v) is 18.8. The van der Waals surface area contributed by atoms with E-state index in [2.05, 4.69) is 72.2 Å². The fourth-order valence-corrected chi connectivity index (χ4v) is 4.58. The highest BCUT2D eigenvalue weighted by atomic mass is 32.1. The average Bonchev–Trinajstić information content (AvgIpc) is 3.57. The molecule has 0 saturated carbocycles. The molecular weight excluding hydrogens is 432 g/mol. The van der Waals surface area contributed by atoms with Gasteiger partial charge in [-0.25, -0.2) is 4.98 Å². The van der Waals surface area contributed by atoms with E-state index in [4.69, 9.17) is 4.98 Å². The first-order valence-corrected chi connectivity index (χ1v) is 11.5. The molecule has 9 heteroatoms. The summed E-state index contributed by atoms with van der Waals surface area (Å²) in [6.07, 6.45) is 9.08. The van der Waals surface area contributed by atoms with Gasteiger partial charge in [0.25, 0.3) is 0 Å². The second kappa shape index (κ2) is 7.79. The summed E-state index contributed by atoms with van der Waals surface area (Å²) in [4.78, 5) is 21.7. The Bertz CT molecular complexity index is 1580. The van der Waals surface area contributed by atoms with Crippen LogP contribution in [0.1, 0.15) is 13.8 Å². The molecule has 0 aliphatic rings. The molecule has 0 saturated heterocycles. The SMILES string of the molecule is CC(C)Nc1cncc(-c2cc3c(-c4nc5c(-c6ccsc6)cncc5[nH]4)n[nH]c3cn2)c1. The molecule has 0 amide bonds. The van der Waals surface area contributed by atoms with Gasteiger partial charge in [0.15, 0.2) is 5.82 Å². The van der Waals surface area contributed by atoms with Crippen molar-refractivity contribution in [2.45, 2.75) is 19.9 Å². The van der Waals surface area contributed by atoms with Gasteiger partial charge >= 0.3 is 0 Å². The number of nitrogens with zero attached hydrogens (tertiary/aromatic N) is 5. The summed E-state index contributed by atoms with van der Waals surface area (Å²) in [7, 11) is 0. The van der Waals surface area contributed by atoms with E-state index in [9.17, 15) is 0 Å². The molecule has 8 nitrogen and oxygen atoms in total. The van der Waals surface area contributed by atoms with Crippen molar-refractivity contribution in [1.82, 2.24) is 35.1 Å². The van der Waals surface area contributed by atoms with Crippen molar-refractivity contribution >= 4 is 39.0 Å². The van der Waals surface area contributed by atoms with Gasteiger partial charge in [-0.05, 0) is 48.4 Å². The van der Waals surface area contributed by atoms with Crippen LogP contribution in [0.4, 0.5) is 5.69 Å². The number of hydrogen-bond acceptors (Lipinski definition) is 7. The van der Waals surface area contributed by atoms with Crippen LogP contribution in [0.5, 0.6) is 0 Å². The predicted molar refractivity (Wildman–Crippen MR) is 132 cm³/mol. The van der Waals surface area contributed by atoms with Crippen molar-refractivity contribution in [3.63, 3.8) is 0 Å². The largest absolute Gasteiger partial charge is 0.382 e. The summed E-state index contributed by atoms with van der Waals surface area (Å²) < 4.78 is 0. The maximum Gasteiger partial charge on any atom is 0.159 e. The van der Waals surface area contributed by atoms with Gasteiger partial charge in [-0.1, -0.05) is 0 Å². The third-order valence-electron chi connectivity index (χ3n) is 5.39. The molecule has 33 heavy (non-hydrogen) atoms. The quantitative estimate of drug-likeness (QED) is 0.318. The monoisotopic (exact) mass is 452 g/mol. The number of H-pyrrole nitrogens is 2. The van der Waals surface area contributed by atoms with E-state index in [1.807, 2.05) is 24.7 Å². The lowest BCUT2D eigenvalue weighted by atomic mass is 10.1. The number of nitrogens with one attached hydrogen (secondary N) is 3. The second-order valence-electron chi connectivity index (χ2n) is 8.13. The molecule has 0 aliphatic heterocycles. The molecule has 0 radical (unpaired) electrons. The van der Waals surface area contributed by atoms with E-state index in [1.54, 1.807) is 23.7 Å². The van der Waals surface area contributed by atoms with Gasteiger partial charge in [-0.2, -0.15) is 16.4 Å². The van der Waals surface area contributed by atoms with Gasteiger partial charge in [-0.3, -0.25) is 20.1 Å². The van der Waals surface area contributed by atoms with Gasteiger partial charge in [-0.15, -0.1) is 0 Å². The summed E-state index contributed by atoms with van der Waals surface area (Å²) in [6, 6.07) is 6.48. The maximum absolute atomic E-state index is 4.89. The molecule has 0 aromatic carbocycles.